The number of benzene rings is 2. The van der Waals surface area contributed by atoms with Gasteiger partial charge in [-0.25, -0.2) is 19.4 Å². The normalized spacial score (nSPS) is 10.1. The summed E-state index contributed by atoms with van der Waals surface area (Å²) in [5.41, 5.74) is 2.34. The summed E-state index contributed by atoms with van der Waals surface area (Å²) < 4.78 is 19.9. The van der Waals surface area contributed by atoms with Gasteiger partial charge in [0, 0.05) is 4.57 Å². The van der Waals surface area contributed by atoms with Crippen molar-refractivity contribution in [1.82, 2.24) is 0 Å². The Bertz CT molecular complexity index is 675. The largest absolute Gasteiger partial charge is 0.780 e. The molecule has 7 nitrogen and oxygen atoms in total. The van der Waals surface area contributed by atoms with Crippen molar-refractivity contribution in [3.05, 3.63) is 70.8 Å². The zero-order chi connectivity index (χ0) is 17.5. The Morgan fingerprint density at radius 2 is 1.04 bits per heavy atom. The first kappa shape index (κ1) is 17.7. The first-order valence-corrected chi connectivity index (χ1v) is 7.94. The molecule has 0 unspecified atom stereocenters. The van der Waals surface area contributed by atoms with Gasteiger partial charge in [0.05, 0.1) is 11.1 Å². The molecule has 0 fully saturated rings. The van der Waals surface area contributed by atoms with E-state index in [-0.39, 0.29) is 11.1 Å². The van der Waals surface area contributed by atoms with Gasteiger partial charge in [-0.15, -0.1) is 0 Å². The van der Waals surface area contributed by atoms with Crippen LogP contribution in [0.1, 0.15) is 31.8 Å². The van der Waals surface area contributed by atoms with Crippen molar-refractivity contribution in [2.24, 2.45) is 0 Å². The van der Waals surface area contributed by atoms with Gasteiger partial charge in [0.2, 0.25) is 0 Å². The van der Waals surface area contributed by atoms with Gasteiger partial charge >= 0.3 is 20.2 Å². The predicted octanol–water partition coefficient (Wildman–Crippen LogP) is 3.84. The highest BCUT2D eigenvalue weighted by molar-refractivity contribution is 7.33. The number of rotatable bonds is 6. The Kier molecular flexibility index (Phi) is 6.14. The second-order valence-electron chi connectivity index (χ2n) is 4.85. The van der Waals surface area contributed by atoms with E-state index in [9.17, 15) is 14.2 Å². The van der Waals surface area contributed by atoms with E-state index < -0.39 is 20.2 Å². The van der Waals surface area contributed by atoms with E-state index >= 15 is 0 Å². The smallest absolute Gasteiger partial charge is 0.246 e. The maximum atomic E-state index is 11.6. The van der Waals surface area contributed by atoms with E-state index in [4.69, 9.17) is 0 Å². The van der Waals surface area contributed by atoms with E-state index in [1.165, 1.54) is 24.3 Å². The number of aryl methyl sites for hydroxylation is 2. The molecule has 124 valence electrons. The minimum Gasteiger partial charge on any atom is -0.246 e. The lowest BCUT2D eigenvalue weighted by atomic mass is 10.2. The molecule has 0 aliphatic rings. The third kappa shape index (κ3) is 5.24. The Labute approximate surface area is 138 Å². The monoisotopic (exact) mass is 349 g/mol. The zero-order valence-electron chi connectivity index (χ0n) is 12.9. The molecule has 0 radical (unpaired) electrons. The number of hydrogen-bond donors (Lipinski definition) is 0. The molecule has 0 aromatic heterocycles. The third-order valence-corrected chi connectivity index (χ3v) is 3.31. The fourth-order valence-corrected chi connectivity index (χ4v) is 1.90. The van der Waals surface area contributed by atoms with Crippen LogP contribution < -0.4 is 0 Å². The van der Waals surface area contributed by atoms with Crippen molar-refractivity contribution in [3.63, 3.8) is 0 Å². The molecule has 0 aliphatic carbocycles. The lowest BCUT2D eigenvalue weighted by molar-refractivity contribution is -0.201. The Balaban J connectivity index is 1.77. The van der Waals surface area contributed by atoms with Crippen molar-refractivity contribution in [3.8, 4) is 0 Å². The highest BCUT2D eigenvalue weighted by atomic mass is 31.1. The van der Waals surface area contributed by atoms with Crippen molar-refractivity contribution in [1.29, 1.82) is 0 Å². The Hall–Kier alpha value is -2.60. The maximum absolute atomic E-state index is 11.6. The van der Waals surface area contributed by atoms with E-state index in [1.807, 2.05) is 13.8 Å². The summed E-state index contributed by atoms with van der Waals surface area (Å²) >= 11 is 0. The Morgan fingerprint density at radius 1 is 0.708 bits per heavy atom. The van der Waals surface area contributed by atoms with Gasteiger partial charge in [-0.1, -0.05) is 35.4 Å². The lowest BCUT2D eigenvalue weighted by Gasteiger charge is -1.98. The van der Waals surface area contributed by atoms with Gasteiger partial charge in [0.1, 0.15) is 9.35 Å². The second kappa shape index (κ2) is 8.31. The third-order valence-electron chi connectivity index (χ3n) is 2.92. The van der Waals surface area contributed by atoms with Crippen LogP contribution in [0.15, 0.2) is 48.5 Å². The molecule has 0 atom stereocenters. The van der Waals surface area contributed by atoms with Crippen LogP contribution in [0.4, 0.5) is 0 Å². The fraction of sp³-hybridized carbons (Fsp3) is 0.125. The molecule has 24 heavy (non-hydrogen) atoms. The minimum absolute atomic E-state index is 0.209. The molecule has 2 aromatic rings. The highest BCUT2D eigenvalue weighted by Gasteiger charge is 2.30. The molecule has 0 aliphatic heterocycles. The molecule has 0 N–H and O–H groups in total. The van der Waals surface area contributed by atoms with Gasteiger partial charge in [0.15, 0.2) is 0 Å². The summed E-state index contributed by atoms with van der Waals surface area (Å²) in [4.78, 5) is 31.9. The summed E-state index contributed by atoms with van der Waals surface area (Å²) in [6.07, 6.45) is 0. The van der Waals surface area contributed by atoms with E-state index in [0.29, 0.717) is 0 Å². The lowest BCUT2D eigenvalue weighted by Crippen LogP contribution is -2.06. The van der Waals surface area contributed by atoms with Crippen LogP contribution in [0.2, 0.25) is 0 Å². The summed E-state index contributed by atoms with van der Waals surface area (Å²) in [7, 11) is -2.97. The quantitative estimate of drug-likeness (QED) is 0.445. The van der Waals surface area contributed by atoms with E-state index in [1.54, 1.807) is 24.3 Å². The standard InChI is InChI=1S/C16H14O7P/c1-11-3-7-13(8-4-11)15(17)20-22-24(19)23-21-16(18)14-9-5-12(2)6-10-14/h3-10H,1-2H3/q+1. The van der Waals surface area contributed by atoms with Crippen molar-refractivity contribution in [2.45, 2.75) is 13.8 Å². The van der Waals surface area contributed by atoms with Crippen LogP contribution in [0, 0.1) is 13.8 Å². The molecule has 0 bridgehead atoms. The SMILES string of the molecule is Cc1ccc(C(=O)OO[P+](=O)OOC(=O)c2ccc(C)cc2)cc1. The number of carbonyl (C=O) groups is 2. The van der Waals surface area contributed by atoms with Gasteiger partial charge < -0.3 is 0 Å². The van der Waals surface area contributed by atoms with Crippen LogP contribution in [-0.4, -0.2) is 11.9 Å². The van der Waals surface area contributed by atoms with Crippen LogP contribution in [0.5, 0.6) is 0 Å². The first-order valence-electron chi connectivity index (χ1n) is 6.84. The first-order chi connectivity index (χ1) is 11.5. The molecular formula is C16H14O7P+. The molecule has 2 aromatic carbocycles. The number of carbonyl (C=O) groups excluding carboxylic acids is 2. The average Bonchev–Trinajstić information content (AvgIpc) is 2.58. The molecule has 0 spiro atoms. The average molecular weight is 349 g/mol. The van der Waals surface area contributed by atoms with Gasteiger partial charge in [-0.3, -0.25) is 0 Å². The molecule has 0 saturated carbocycles. The van der Waals surface area contributed by atoms with Crippen molar-refractivity contribution < 1.29 is 33.3 Å². The molecule has 8 heteroatoms. The Morgan fingerprint density at radius 3 is 1.38 bits per heavy atom. The number of hydrogen-bond acceptors (Lipinski definition) is 7. The summed E-state index contributed by atoms with van der Waals surface area (Å²) in [6.45, 7) is 3.72. The minimum atomic E-state index is -2.97. The van der Waals surface area contributed by atoms with Crippen molar-refractivity contribution in [2.75, 3.05) is 0 Å². The molecular weight excluding hydrogens is 335 g/mol. The summed E-state index contributed by atoms with van der Waals surface area (Å²) in [5, 5.41) is 0. The zero-order valence-corrected chi connectivity index (χ0v) is 13.8. The van der Waals surface area contributed by atoms with Crippen molar-refractivity contribution >= 4 is 20.2 Å². The molecule has 0 heterocycles. The topological polar surface area (TPSA) is 88.1 Å². The maximum Gasteiger partial charge on any atom is 0.780 e. The van der Waals surface area contributed by atoms with Crippen LogP contribution in [0.25, 0.3) is 0 Å². The molecule has 0 amide bonds. The summed E-state index contributed by atoms with van der Waals surface area (Å²) in [6, 6.07) is 12.9. The second-order valence-corrected chi connectivity index (χ2v) is 5.59. The van der Waals surface area contributed by atoms with Crippen LogP contribution in [0.3, 0.4) is 0 Å². The van der Waals surface area contributed by atoms with Gasteiger partial charge in [0.25, 0.3) is 0 Å². The highest BCUT2D eigenvalue weighted by Crippen LogP contribution is 2.25. The van der Waals surface area contributed by atoms with E-state index in [2.05, 4.69) is 19.1 Å². The van der Waals surface area contributed by atoms with Gasteiger partial charge in [-0.05, 0) is 38.1 Å². The van der Waals surface area contributed by atoms with Crippen LogP contribution in [-0.2, 0) is 23.7 Å². The molecule has 2 rings (SSSR count). The van der Waals surface area contributed by atoms with E-state index in [0.717, 1.165) is 11.1 Å². The fourth-order valence-electron chi connectivity index (χ4n) is 1.62. The predicted molar refractivity (Wildman–Crippen MR) is 83.0 cm³/mol. The molecule has 0 saturated heterocycles. The summed E-state index contributed by atoms with van der Waals surface area (Å²) in [5.74, 6) is -1.71. The van der Waals surface area contributed by atoms with Crippen LogP contribution >= 0.6 is 8.25 Å². The van der Waals surface area contributed by atoms with Gasteiger partial charge in [-0.2, -0.15) is 0 Å².